The van der Waals surface area contributed by atoms with Gasteiger partial charge in [0.2, 0.25) is 17.6 Å². The number of primary amides is 1. The van der Waals surface area contributed by atoms with Crippen molar-refractivity contribution in [2.24, 2.45) is 39.7 Å². The number of nitrogens with zero attached hydrogens (tertiary/aromatic N) is 1. The van der Waals surface area contributed by atoms with Crippen molar-refractivity contribution in [3.05, 3.63) is 0 Å². The molecule has 236 valence electrons. The highest BCUT2D eigenvalue weighted by atomic mass is 16.5. The predicted octanol–water partition coefficient (Wildman–Crippen LogP) is 1.50. The minimum atomic E-state index is -1.16. The molecular formula is C30H49N5O7. The van der Waals surface area contributed by atoms with Gasteiger partial charge in [0, 0.05) is 6.54 Å². The SMILES string of the molecule is C[C@@H]1CCCC1OC(=O)[C@@H](NC(=O)N[C@H](C(=O)N1C[C@H]2[C@@H]([C@H]1C(=O)NCC(=O)C(N)=O)C2(C)C)C(C)(C)C)C(C)(C)C. The van der Waals surface area contributed by atoms with Crippen molar-refractivity contribution >= 4 is 35.5 Å². The number of carbonyl (C=O) groups excluding carboxylic acids is 6. The zero-order chi connectivity index (χ0) is 31.9. The van der Waals surface area contributed by atoms with Crippen LogP contribution in [0.2, 0.25) is 0 Å². The van der Waals surface area contributed by atoms with Gasteiger partial charge in [-0.3, -0.25) is 19.2 Å². The lowest BCUT2D eigenvalue weighted by atomic mass is 9.85. The van der Waals surface area contributed by atoms with Crippen molar-refractivity contribution in [1.82, 2.24) is 20.9 Å². The summed E-state index contributed by atoms with van der Waals surface area (Å²) in [5.74, 6) is -3.43. The fraction of sp³-hybridized carbons (Fsp3) is 0.800. The maximum Gasteiger partial charge on any atom is 0.329 e. The van der Waals surface area contributed by atoms with Gasteiger partial charge in [-0.05, 0) is 53.3 Å². The van der Waals surface area contributed by atoms with Crippen molar-refractivity contribution in [2.45, 2.75) is 106 Å². The Labute approximate surface area is 248 Å². The molecule has 0 aromatic carbocycles. The molecule has 0 bridgehead atoms. The summed E-state index contributed by atoms with van der Waals surface area (Å²) < 4.78 is 5.79. The van der Waals surface area contributed by atoms with Crippen LogP contribution < -0.4 is 21.7 Å². The third kappa shape index (κ3) is 7.06. The van der Waals surface area contributed by atoms with Crippen LogP contribution in [0.1, 0.15) is 81.6 Å². The van der Waals surface area contributed by atoms with Crippen LogP contribution in [0.4, 0.5) is 4.79 Å². The van der Waals surface area contributed by atoms with Crippen LogP contribution in [-0.2, 0) is 28.7 Å². The third-order valence-corrected chi connectivity index (χ3v) is 9.27. The maximum absolute atomic E-state index is 14.0. The van der Waals surface area contributed by atoms with E-state index in [9.17, 15) is 28.8 Å². The molecule has 0 aromatic rings. The number of hydrogen-bond donors (Lipinski definition) is 4. The second-order valence-electron chi connectivity index (χ2n) is 15.0. The highest BCUT2D eigenvalue weighted by molar-refractivity contribution is 6.36. The highest BCUT2D eigenvalue weighted by Gasteiger charge is 2.69. The zero-order valence-corrected chi connectivity index (χ0v) is 26.5. The van der Waals surface area contributed by atoms with E-state index in [1.807, 2.05) is 41.5 Å². The fourth-order valence-electron chi connectivity index (χ4n) is 6.42. The standard InChI is InChI=1S/C30H49N5O7/c1-15-11-10-12-18(15)42-26(40)22(29(5,6)7)34-27(41)33-21(28(2,3)4)25(39)35-14-16-19(30(16,8)9)20(35)24(38)32-13-17(36)23(31)37/h15-16,18-22H,10-14H2,1-9H3,(H2,31,37)(H,32,38)(H2,33,34,41)/t15-,16+,18?,19+,20+,21-,22-/m1/s1. The number of nitrogens with two attached hydrogens (primary N) is 1. The van der Waals surface area contributed by atoms with Crippen molar-refractivity contribution in [2.75, 3.05) is 13.1 Å². The Balaban J connectivity index is 1.76. The number of carbonyl (C=O) groups is 6. The van der Waals surface area contributed by atoms with Gasteiger partial charge in [0.25, 0.3) is 5.91 Å². The van der Waals surface area contributed by atoms with E-state index in [0.717, 1.165) is 19.3 Å². The quantitative estimate of drug-likeness (QED) is 0.232. The van der Waals surface area contributed by atoms with Crippen LogP contribution >= 0.6 is 0 Å². The molecule has 1 saturated heterocycles. The lowest BCUT2D eigenvalue weighted by molar-refractivity contribution is -0.155. The molecule has 0 spiro atoms. The lowest BCUT2D eigenvalue weighted by Crippen LogP contribution is -2.62. The van der Waals surface area contributed by atoms with Gasteiger partial charge in [-0.1, -0.05) is 62.3 Å². The first-order chi connectivity index (χ1) is 19.2. The molecule has 1 heterocycles. The molecule has 12 heteroatoms. The maximum atomic E-state index is 14.0. The number of likely N-dealkylation sites (tertiary alicyclic amines) is 1. The smallest absolute Gasteiger partial charge is 0.329 e. The highest BCUT2D eigenvalue weighted by Crippen LogP contribution is 2.65. The van der Waals surface area contributed by atoms with Gasteiger partial charge in [0.05, 0.1) is 6.54 Å². The number of esters is 1. The molecule has 2 saturated carbocycles. The summed E-state index contributed by atoms with van der Waals surface area (Å²) >= 11 is 0. The van der Waals surface area contributed by atoms with E-state index in [1.165, 1.54) is 4.90 Å². The van der Waals surface area contributed by atoms with Crippen LogP contribution in [-0.4, -0.2) is 77.7 Å². The summed E-state index contributed by atoms with van der Waals surface area (Å²) in [5, 5.41) is 7.98. The van der Waals surface area contributed by atoms with Crippen LogP contribution in [0, 0.1) is 34.0 Å². The van der Waals surface area contributed by atoms with Crippen molar-refractivity contribution < 1.29 is 33.5 Å². The molecule has 3 rings (SSSR count). The number of nitrogens with one attached hydrogen (secondary N) is 3. The number of Topliss-reactive ketones (excluding diaryl/α,β-unsaturated/α-hetero) is 1. The second-order valence-corrected chi connectivity index (χ2v) is 15.0. The summed E-state index contributed by atoms with van der Waals surface area (Å²) in [5.41, 5.74) is 3.41. The number of piperidine rings is 1. The van der Waals surface area contributed by atoms with Gasteiger partial charge in [-0.15, -0.1) is 0 Å². The molecule has 5 N–H and O–H groups in total. The molecule has 5 amide bonds. The first-order valence-electron chi connectivity index (χ1n) is 14.9. The molecule has 0 aromatic heterocycles. The van der Waals surface area contributed by atoms with E-state index < -0.39 is 71.0 Å². The van der Waals surface area contributed by atoms with E-state index in [1.54, 1.807) is 20.8 Å². The Morgan fingerprint density at radius 1 is 0.952 bits per heavy atom. The lowest BCUT2D eigenvalue weighted by Gasteiger charge is -2.38. The van der Waals surface area contributed by atoms with Crippen molar-refractivity contribution in [3.63, 3.8) is 0 Å². The Kier molecular flexibility index (Phi) is 9.39. The molecule has 0 radical (unpaired) electrons. The first kappa shape index (κ1) is 33.3. The Morgan fingerprint density at radius 3 is 2.02 bits per heavy atom. The summed E-state index contributed by atoms with van der Waals surface area (Å²) in [6, 6.07) is -3.56. The topological polar surface area (TPSA) is 177 Å². The van der Waals surface area contributed by atoms with Gasteiger partial charge in [-0.25, -0.2) is 9.59 Å². The second kappa shape index (κ2) is 11.8. The molecule has 2 aliphatic carbocycles. The van der Waals surface area contributed by atoms with Crippen LogP contribution in [0.15, 0.2) is 0 Å². The molecule has 3 aliphatic rings. The van der Waals surface area contributed by atoms with Gasteiger partial charge < -0.3 is 31.3 Å². The number of ketones is 1. The number of ether oxygens (including phenoxy) is 1. The van der Waals surface area contributed by atoms with E-state index >= 15 is 0 Å². The number of urea groups is 1. The largest absolute Gasteiger partial charge is 0.461 e. The fourth-order valence-corrected chi connectivity index (χ4v) is 6.42. The first-order valence-corrected chi connectivity index (χ1v) is 14.9. The summed E-state index contributed by atoms with van der Waals surface area (Å²) in [4.78, 5) is 78.1. The van der Waals surface area contributed by atoms with Gasteiger partial charge in [0.15, 0.2) is 0 Å². The summed E-state index contributed by atoms with van der Waals surface area (Å²) in [6.45, 7) is 16.7. The Morgan fingerprint density at radius 2 is 1.52 bits per heavy atom. The number of fused-ring (bicyclic) bond motifs is 1. The predicted molar refractivity (Wildman–Crippen MR) is 155 cm³/mol. The van der Waals surface area contributed by atoms with E-state index in [4.69, 9.17) is 10.5 Å². The average Bonchev–Trinajstić information content (AvgIpc) is 3.20. The summed E-state index contributed by atoms with van der Waals surface area (Å²) in [7, 11) is 0. The van der Waals surface area contributed by atoms with E-state index in [-0.39, 0.29) is 29.3 Å². The Hall–Kier alpha value is -3.18. The minimum absolute atomic E-state index is 0.0662. The molecule has 3 fully saturated rings. The number of hydrogen-bond acceptors (Lipinski definition) is 7. The molecule has 1 aliphatic heterocycles. The van der Waals surface area contributed by atoms with Crippen molar-refractivity contribution in [1.29, 1.82) is 0 Å². The van der Waals surface area contributed by atoms with Gasteiger partial charge in [0.1, 0.15) is 24.2 Å². The van der Waals surface area contributed by atoms with Gasteiger partial charge >= 0.3 is 12.0 Å². The summed E-state index contributed by atoms with van der Waals surface area (Å²) in [6.07, 6.45) is 2.56. The zero-order valence-electron chi connectivity index (χ0n) is 26.5. The molecule has 1 unspecified atom stereocenters. The minimum Gasteiger partial charge on any atom is -0.461 e. The normalized spacial score (nSPS) is 27.7. The van der Waals surface area contributed by atoms with Crippen LogP contribution in [0.25, 0.3) is 0 Å². The van der Waals surface area contributed by atoms with Gasteiger partial charge in [-0.2, -0.15) is 0 Å². The number of amides is 5. The molecule has 12 nitrogen and oxygen atoms in total. The van der Waals surface area contributed by atoms with Crippen LogP contribution in [0.3, 0.4) is 0 Å². The number of rotatable bonds is 9. The van der Waals surface area contributed by atoms with Crippen molar-refractivity contribution in [3.8, 4) is 0 Å². The van der Waals surface area contributed by atoms with E-state index in [2.05, 4.69) is 16.0 Å². The molecule has 42 heavy (non-hydrogen) atoms. The van der Waals surface area contributed by atoms with E-state index in [0.29, 0.717) is 6.54 Å². The average molecular weight is 592 g/mol. The monoisotopic (exact) mass is 591 g/mol. The third-order valence-electron chi connectivity index (χ3n) is 9.27. The Bertz CT molecular complexity index is 1120. The van der Waals surface area contributed by atoms with Crippen LogP contribution in [0.5, 0.6) is 0 Å². The molecular weight excluding hydrogens is 542 g/mol. The molecule has 7 atom stereocenters.